The highest BCUT2D eigenvalue weighted by Crippen LogP contribution is 2.24. The maximum Gasteiger partial charge on any atom is 0.233 e. The monoisotopic (exact) mass is 408 g/mol. The molecule has 0 bridgehead atoms. The molecule has 146 valence electrons. The van der Waals surface area contributed by atoms with E-state index >= 15 is 0 Å². The van der Waals surface area contributed by atoms with Crippen molar-refractivity contribution in [2.45, 2.75) is 19.0 Å². The molecule has 0 unspecified atom stereocenters. The van der Waals surface area contributed by atoms with Crippen LogP contribution in [-0.2, 0) is 14.8 Å². The van der Waals surface area contributed by atoms with Crippen molar-refractivity contribution in [3.8, 4) is 5.69 Å². The Morgan fingerprint density at radius 3 is 2.56 bits per heavy atom. The summed E-state index contributed by atoms with van der Waals surface area (Å²) >= 11 is 1.40. The highest BCUT2D eigenvalue weighted by molar-refractivity contribution is 7.99. The molecule has 7 nitrogen and oxygen atoms in total. The minimum Gasteiger partial charge on any atom is -0.339 e. The third kappa shape index (κ3) is 4.53. The number of piperazine rings is 1. The fraction of sp³-hybridized carbons (Fsp3) is 0.444. The van der Waals surface area contributed by atoms with Crippen molar-refractivity contribution in [2.24, 2.45) is 0 Å². The number of imidazole rings is 1. The first kappa shape index (κ1) is 19.9. The molecule has 1 fully saturated rings. The van der Waals surface area contributed by atoms with Gasteiger partial charge in [0.25, 0.3) is 0 Å². The lowest BCUT2D eigenvalue weighted by Crippen LogP contribution is -2.50. The first-order valence-corrected chi connectivity index (χ1v) is 11.6. The molecule has 1 saturated heterocycles. The Labute approximate surface area is 164 Å². The summed E-state index contributed by atoms with van der Waals surface area (Å²) in [5.41, 5.74) is 3.45. The number of hydrogen-bond acceptors (Lipinski definition) is 5. The third-order valence-corrected chi connectivity index (χ3v) is 7.08. The predicted molar refractivity (Wildman–Crippen MR) is 107 cm³/mol. The van der Waals surface area contributed by atoms with Crippen molar-refractivity contribution in [3.05, 3.63) is 41.7 Å². The van der Waals surface area contributed by atoms with Gasteiger partial charge in [-0.3, -0.25) is 9.36 Å². The maximum atomic E-state index is 12.5. The molecule has 0 saturated carbocycles. The van der Waals surface area contributed by atoms with Crippen LogP contribution >= 0.6 is 11.8 Å². The number of amides is 1. The van der Waals surface area contributed by atoms with Crippen LogP contribution in [0.25, 0.3) is 5.69 Å². The van der Waals surface area contributed by atoms with Crippen molar-refractivity contribution in [3.63, 3.8) is 0 Å². The van der Waals surface area contributed by atoms with Gasteiger partial charge in [-0.1, -0.05) is 23.9 Å². The molecule has 0 N–H and O–H groups in total. The SMILES string of the molecule is Cc1cccc(-n2ccnc2SCC(=O)N2CCN(S(C)(=O)=O)CC2)c1C. The molecule has 2 aromatic rings. The summed E-state index contributed by atoms with van der Waals surface area (Å²) in [6.45, 7) is 5.71. The first-order chi connectivity index (χ1) is 12.8. The van der Waals surface area contributed by atoms with Gasteiger partial charge < -0.3 is 4.90 Å². The van der Waals surface area contributed by atoms with Gasteiger partial charge in [0.05, 0.1) is 17.7 Å². The van der Waals surface area contributed by atoms with Crippen LogP contribution in [0, 0.1) is 13.8 Å². The Morgan fingerprint density at radius 1 is 1.19 bits per heavy atom. The molecule has 0 spiro atoms. The van der Waals surface area contributed by atoms with Crippen LogP contribution in [0.3, 0.4) is 0 Å². The Bertz CT molecular complexity index is 932. The van der Waals surface area contributed by atoms with E-state index in [0.717, 1.165) is 10.8 Å². The molecule has 2 heterocycles. The molecule has 3 rings (SSSR count). The summed E-state index contributed by atoms with van der Waals surface area (Å²) in [5.74, 6) is 0.282. The van der Waals surface area contributed by atoms with Crippen LogP contribution in [0.15, 0.2) is 35.7 Å². The van der Waals surface area contributed by atoms with Crippen LogP contribution in [0.5, 0.6) is 0 Å². The summed E-state index contributed by atoms with van der Waals surface area (Å²) in [7, 11) is -3.19. The highest BCUT2D eigenvalue weighted by Gasteiger charge is 2.26. The topological polar surface area (TPSA) is 75.5 Å². The molecule has 1 aliphatic heterocycles. The van der Waals surface area contributed by atoms with Crippen LogP contribution in [0.4, 0.5) is 0 Å². The van der Waals surface area contributed by atoms with Gasteiger partial charge in [0.15, 0.2) is 5.16 Å². The lowest BCUT2D eigenvalue weighted by atomic mass is 10.1. The molecule has 1 aliphatic rings. The fourth-order valence-corrected chi connectivity index (χ4v) is 4.76. The predicted octanol–water partition coefficient (Wildman–Crippen LogP) is 1.69. The second-order valence-corrected chi connectivity index (χ2v) is 9.56. The van der Waals surface area contributed by atoms with Crippen molar-refractivity contribution in [2.75, 3.05) is 38.2 Å². The summed E-state index contributed by atoms with van der Waals surface area (Å²) in [6, 6.07) is 6.13. The maximum absolute atomic E-state index is 12.5. The highest BCUT2D eigenvalue weighted by atomic mass is 32.2. The molecule has 0 atom stereocenters. The molecule has 27 heavy (non-hydrogen) atoms. The molecule has 1 aromatic heterocycles. The average Bonchev–Trinajstić information content (AvgIpc) is 3.09. The fourth-order valence-electron chi connectivity index (χ4n) is 3.06. The van der Waals surface area contributed by atoms with E-state index in [9.17, 15) is 13.2 Å². The van der Waals surface area contributed by atoms with Crippen molar-refractivity contribution < 1.29 is 13.2 Å². The number of benzene rings is 1. The third-order valence-electron chi connectivity index (χ3n) is 4.83. The number of nitrogens with zero attached hydrogens (tertiary/aromatic N) is 4. The number of sulfonamides is 1. The molecule has 1 amide bonds. The second kappa shape index (κ2) is 8.04. The molecule has 9 heteroatoms. The Morgan fingerprint density at radius 2 is 1.89 bits per heavy atom. The van der Waals surface area contributed by atoms with E-state index in [0.29, 0.717) is 26.2 Å². The summed E-state index contributed by atoms with van der Waals surface area (Å²) < 4.78 is 26.6. The van der Waals surface area contributed by atoms with Gasteiger partial charge in [-0.15, -0.1) is 0 Å². The zero-order chi connectivity index (χ0) is 19.6. The van der Waals surface area contributed by atoms with E-state index in [1.165, 1.54) is 33.4 Å². The molecular formula is C18H24N4O3S2. The van der Waals surface area contributed by atoms with Gasteiger partial charge in [0, 0.05) is 38.6 Å². The Kier molecular flexibility index (Phi) is 5.92. The lowest BCUT2D eigenvalue weighted by Gasteiger charge is -2.33. The average molecular weight is 409 g/mol. The van der Waals surface area contributed by atoms with E-state index in [1.54, 1.807) is 11.1 Å². The largest absolute Gasteiger partial charge is 0.339 e. The van der Waals surface area contributed by atoms with Crippen molar-refractivity contribution in [1.29, 1.82) is 0 Å². The van der Waals surface area contributed by atoms with Gasteiger partial charge in [-0.25, -0.2) is 13.4 Å². The number of rotatable bonds is 5. The van der Waals surface area contributed by atoms with Gasteiger partial charge >= 0.3 is 0 Å². The minimum absolute atomic E-state index is 0.00339. The summed E-state index contributed by atoms with van der Waals surface area (Å²) in [6.07, 6.45) is 4.84. The molecule has 0 radical (unpaired) electrons. The number of aromatic nitrogens is 2. The molecule has 0 aliphatic carbocycles. The second-order valence-electron chi connectivity index (χ2n) is 6.63. The van der Waals surface area contributed by atoms with Gasteiger partial charge in [0.1, 0.15) is 0 Å². The van der Waals surface area contributed by atoms with Crippen LogP contribution in [0.1, 0.15) is 11.1 Å². The van der Waals surface area contributed by atoms with Gasteiger partial charge in [-0.2, -0.15) is 4.31 Å². The zero-order valence-corrected chi connectivity index (χ0v) is 17.4. The summed E-state index contributed by atoms with van der Waals surface area (Å²) in [4.78, 5) is 18.6. The van der Waals surface area contributed by atoms with Crippen LogP contribution < -0.4 is 0 Å². The van der Waals surface area contributed by atoms with E-state index in [-0.39, 0.29) is 11.7 Å². The molecular weight excluding hydrogens is 384 g/mol. The van der Waals surface area contributed by atoms with E-state index in [1.807, 2.05) is 22.9 Å². The first-order valence-electron chi connectivity index (χ1n) is 8.73. The summed E-state index contributed by atoms with van der Waals surface area (Å²) in [5, 5.41) is 0.770. The smallest absolute Gasteiger partial charge is 0.233 e. The van der Waals surface area contributed by atoms with E-state index < -0.39 is 10.0 Å². The quantitative estimate of drug-likeness (QED) is 0.704. The minimum atomic E-state index is -3.19. The Hall–Kier alpha value is -1.84. The van der Waals surface area contributed by atoms with Crippen LogP contribution in [0.2, 0.25) is 0 Å². The number of thioether (sulfide) groups is 1. The molecule has 1 aromatic carbocycles. The zero-order valence-electron chi connectivity index (χ0n) is 15.8. The van der Waals surface area contributed by atoms with Crippen LogP contribution in [-0.4, -0.2) is 71.3 Å². The normalized spacial score (nSPS) is 15.9. The lowest BCUT2D eigenvalue weighted by molar-refractivity contribution is -0.129. The Balaban J connectivity index is 1.63. The van der Waals surface area contributed by atoms with Crippen molar-refractivity contribution >= 4 is 27.7 Å². The van der Waals surface area contributed by atoms with E-state index in [2.05, 4.69) is 24.9 Å². The van der Waals surface area contributed by atoms with Gasteiger partial charge in [0.2, 0.25) is 15.9 Å². The number of carbonyl (C=O) groups is 1. The van der Waals surface area contributed by atoms with E-state index in [4.69, 9.17) is 0 Å². The number of hydrogen-bond donors (Lipinski definition) is 0. The van der Waals surface area contributed by atoms with Crippen molar-refractivity contribution in [1.82, 2.24) is 18.8 Å². The standard InChI is InChI=1S/C18H24N4O3S2/c1-14-5-4-6-16(15(14)2)22-8-7-19-18(22)26-13-17(23)20-9-11-21(12-10-20)27(3,24)25/h4-8H,9-13H2,1-3H3. The van der Waals surface area contributed by atoms with Gasteiger partial charge in [-0.05, 0) is 31.0 Å². The number of carbonyl (C=O) groups excluding carboxylic acids is 1. The number of aryl methyl sites for hydroxylation is 1.